The van der Waals surface area contributed by atoms with Gasteiger partial charge in [0.1, 0.15) is 0 Å². The molecule has 0 saturated heterocycles. The number of non-ortho nitro benzene ring substituents is 1. The van der Waals surface area contributed by atoms with Gasteiger partial charge in [-0.05, 0) is 37.1 Å². The Labute approximate surface area is 122 Å². The number of nitro benzene ring substituents is 1. The lowest BCUT2D eigenvalue weighted by Gasteiger charge is -2.11. The Balaban J connectivity index is 2.33. The fourth-order valence-corrected chi connectivity index (χ4v) is 2.86. The van der Waals surface area contributed by atoms with Gasteiger partial charge in [-0.3, -0.25) is 10.1 Å². The molecule has 0 saturated carbocycles. The first-order valence-corrected chi connectivity index (χ1v) is 7.13. The summed E-state index contributed by atoms with van der Waals surface area (Å²) in [4.78, 5) is 12.6. The second kappa shape index (κ2) is 6.54. The zero-order chi connectivity index (χ0) is 14.5. The highest BCUT2D eigenvalue weighted by Crippen LogP contribution is 2.32. The van der Waals surface area contributed by atoms with E-state index in [0.29, 0.717) is 6.42 Å². The van der Waals surface area contributed by atoms with Gasteiger partial charge >= 0.3 is 0 Å². The third-order valence-electron chi connectivity index (χ3n) is 2.77. The summed E-state index contributed by atoms with van der Waals surface area (Å²) in [6.07, 6.45) is 0.622. The molecule has 0 amide bonds. The van der Waals surface area contributed by atoms with E-state index in [-0.39, 0.29) is 16.7 Å². The Bertz CT molecular complexity index is 600. The van der Waals surface area contributed by atoms with Crippen LogP contribution < -0.4 is 5.73 Å². The van der Waals surface area contributed by atoms with Crippen LogP contribution in [-0.2, 0) is 6.42 Å². The van der Waals surface area contributed by atoms with E-state index < -0.39 is 0 Å². The van der Waals surface area contributed by atoms with E-state index in [0.717, 1.165) is 15.4 Å². The van der Waals surface area contributed by atoms with Gasteiger partial charge in [-0.25, -0.2) is 0 Å². The van der Waals surface area contributed by atoms with Gasteiger partial charge in [-0.2, -0.15) is 0 Å². The first kappa shape index (κ1) is 14.6. The Morgan fingerprint density at radius 3 is 2.55 bits per heavy atom. The van der Waals surface area contributed by atoms with Crippen LogP contribution in [0.4, 0.5) is 5.69 Å². The van der Waals surface area contributed by atoms with Gasteiger partial charge in [0, 0.05) is 28.0 Å². The molecular weight excluding hydrogens is 272 g/mol. The highest BCUT2D eigenvalue weighted by Gasteiger charge is 2.13. The zero-order valence-electron chi connectivity index (χ0n) is 11.2. The summed E-state index contributed by atoms with van der Waals surface area (Å²) >= 11 is 1.60. The molecule has 0 aliphatic carbocycles. The maximum atomic E-state index is 10.9. The van der Waals surface area contributed by atoms with Crippen LogP contribution >= 0.6 is 11.8 Å². The largest absolute Gasteiger partial charge is 0.328 e. The summed E-state index contributed by atoms with van der Waals surface area (Å²) in [6, 6.07) is 14.9. The molecule has 20 heavy (non-hydrogen) atoms. The third kappa shape index (κ3) is 3.82. The van der Waals surface area contributed by atoms with Gasteiger partial charge in [0.25, 0.3) is 5.69 Å². The molecule has 1 atom stereocenters. The standard InChI is InChI=1S/C15H16N2O2S/c1-11(16)9-12-10-13(17(18)19)7-8-15(12)20-14-5-3-2-4-6-14/h2-8,10-11H,9,16H2,1H3. The van der Waals surface area contributed by atoms with Crippen molar-refractivity contribution in [3.05, 3.63) is 64.2 Å². The molecule has 0 radical (unpaired) electrons. The number of benzene rings is 2. The number of hydrogen-bond acceptors (Lipinski definition) is 4. The quantitative estimate of drug-likeness (QED) is 0.673. The minimum absolute atomic E-state index is 0.0351. The van der Waals surface area contributed by atoms with Crippen LogP contribution in [-0.4, -0.2) is 11.0 Å². The molecule has 0 aliphatic heterocycles. The second-order valence-electron chi connectivity index (χ2n) is 4.65. The van der Waals surface area contributed by atoms with Gasteiger partial charge < -0.3 is 5.73 Å². The normalized spacial score (nSPS) is 12.1. The van der Waals surface area contributed by atoms with E-state index in [2.05, 4.69) is 0 Å². The minimum atomic E-state index is -0.373. The van der Waals surface area contributed by atoms with Crippen LogP contribution in [0.1, 0.15) is 12.5 Å². The maximum Gasteiger partial charge on any atom is 0.269 e. The maximum absolute atomic E-state index is 10.9. The van der Waals surface area contributed by atoms with Gasteiger partial charge in [0.15, 0.2) is 0 Å². The molecule has 5 heteroatoms. The Kier molecular flexibility index (Phi) is 4.76. The van der Waals surface area contributed by atoms with Crippen molar-refractivity contribution in [2.75, 3.05) is 0 Å². The molecule has 2 aromatic rings. The van der Waals surface area contributed by atoms with Crippen molar-refractivity contribution < 1.29 is 4.92 Å². The van der Waals surface area contributed by atoms with Gasteiger partial charge in [-0.1, -0.05) is 30.0 Å². The van der Waals surface area contributed by atoms with Crippen LogP contribution in [0.15, 0.2) is 58.3 Å². The highest BCUT2D eigenvalue weighted by atomic mass is 32.2. The molecule has 104 valence electrons. The molecular formula is C15H16N2O2S. The van der Waals surface area contributed by atoms with E-state index in [1.165, 1.54) is 6.07 Å². The Morgan fingerprint density at radius 1 is 1.25 bits per heavy atom. The van der Waals surface area contributed by atoms with Crippen LogP contribution in [0, 0.1) is 10.1 Å². The summed E-state index contributed by atoms with van der Waals surface area (Å²) in [7, 11) is 0. The smallest absolute Gasteiger partial charge is 0.269 e. The Morgan fingerprint density at radius 2 is 1.95 bits per heavy atom. The van der Waals surface area contributed by atoms with Gasteiger partial charge in [-0.15, -0.1) is 0 Å². The predicted octanol–water partition coefficient (Wildman–Crippen LogP) is 3.64. The third-order valence-corrected chi connectivity index (χ3v) is 3.89. The first-order chi connectivity index (χ1) is 9.56. The number of nitro groups is 1. The number of hydrogen-bond donors (Lipinski definition) is 1. The van der Waals surface area contributed by atoms with Crippen molar-refractivity contribution in [2.24, 2.45) is 5.73 Å². The number of nitrogens with two attached hydrogens (primary N) is 1. The average molecular weight is 288 g/mol. The molecule has 0 heterocycles. The van der Waals surface area contributed by atoms with Crippen molar-refractivity contribution in [3.63, 3.8) is 0 Å². The molecule has 1 unspecified atom stereocenters. The van der Waals surface area contributed by atoms with Crippen LogP contribution in [0.25, 0.3) is 0 Å². The lowest BCUT2D eigenvalue weighted by Crippen LogP contribution is -2.18. The van der Waals surface area contributed by atoms with Crippen molar-refractivity contribution in [1.82, 2.24) is 0 Å². The van der Waals surface area contributed by atoms with E-state index in [1.807, 2.05) is 37.3 Å². The first-order valence-electron chi connectivity index (χ1n) is 6.32. The Hall–Kier alpha value is -1.85. The monoisotopic (exact) mass is 288 g/mol. The van der Waals surface area contributed by atoms with Gasteiger partial charge in [0.2, 0.25) is 0 Å². The average Bonchev–Trinajstić information content (AvgIpc) is 2.41. The second-order valence-corrected chi connectivity index (χ2v) is 5.76. The molecule has 2 aromatic carbocycles. The fraction of sp³-hybridized carbons (Fsp3) is 0.200. The summed E-state index contributed by atoms with van der Waals surface area (Å²) < 4.78 is 0. The molecule has 0 aliphatic rings. The topological polar surface area (TPSA) is 69.2 Å². The molecule has 0 bridgehead atoms. The SMILES string of the molecule is CC(N)Cc1cc([N+](=O)[O-])ccc1Sc1ccccc1. The molecule has 2 rings (SSSR count). The predicted molar refractivity (Wildman–Crippen MR) is 81.0 cm³/mol. The van der Waals surface area contributed by atoms with E-state index in [9.17, 15) is 10.1 Å². The lowest BCUT2D eigenvalue weighted by atomic mass is 10.1. The summed E-state index contributed by atoms with van der Waals surface area (Å²) in [5, 5.41) is 10.9. The zero-order valence-corrected chi connectivity index (χ0v) is 12.0. The highest BCUT2D eigenvalue weighted by molar-refractivity contribution is 7.99. The van der Waals surface area contributed by atoms with Crippen molar-refractivity contribution in [3.8, 4) is 0 Å². The summed E-state index contributed by atoms with van der Waals surface area (Å²) in [5.41, 5.74) is 6.86. The van der Waals surface area contributed by atoms with Crippen LogP contribution in [0.2, 0.25) is 0 Å². The number of rotatable bonds is 5. The molecule has 2 N–H and O–H groups in total. The molecule has 4 nitrogen and oxygen atoms in total. The fourth-order valence-electron chi connectivity index (χ4n) is 1.90. The molecule has 0 aromatic heterocycles. The summed E-state index contributed by atoms with van der Waals surface area (Å²) in [6.45, 7) is 1.90. The molecule has 0 spiro atoms. The van der Waals surface area contributed by atoms with Crippen molar-refractivity contribution >= 4 is 17.4 Å². The van der Waals surface area contributed by atoms with Crippen LogP contribution in [0.3, 0.4) is 0 Å². The lowest BCUT2D eigenvalue weighted by molar-refractivity contribution is -0.385. The van der Waals surface area contributed by atoms with E-state index in [1.54, 1.807) is 23.9 Å². The van der Waals surface area contributed by atoms with E-state index >= 15 is 0 Å². The van der Waals surface area contributed by atoms with Gasteiger partial charge in [0.05, 0.1) is 4.92 Å². The minimum Gasteiger partial charge on any atom is -0.328 e. The van der Waals surface area contributed by atoms with E-state index in [4.69, 9.17) is 5.73 Å². The summed E-state index contributed by atoms with van der Waals surface area (Å²) in [5.74, 6) is 0. The van der Waals surface area contributed by atoms with Crippen LogP contribution in [0.5, 0.6) is 0 Å². The number of nitrogens with zero attached hydrogens (tertiary/aromatic N) is 1. The van der Waals surface area contributed by atoms with Crippen molar-refractivity contribution in [2.45, 2.75) is 29.2 Å². The molecule has 0 fully saturated rings. The van der Waals surface area contributed by atoms with Crippen molar-refractivity contribution in [1.29, 1.82) is 0 Å².